The minimum Gasteiger partial charge on any atom is -0.372 e. The number of benzene rings is 1. The smallest absolute Gasteiger partial charge is 0.149 e. The highest BCUT2D eigenvalue weighted by Crippen LogP contribution is 2.27. The molecule has 5 heteroatoms. The van der Waals surface area contributed by atoms with Crippen molar-refractivity contribution in [3.63, 3.8) is 0 Å². The molecule has 0 amide bonds. The van der Waals surface area contributed by atoms with Gasteiger partial charge < -0.3 is 10.2 Å². The fourth-order valence-electron chi connectivity index (χ4n) is 2.37. The van der Waals surface area contributed by atoms with Crippen molar-refractivity contribution in [2.24, 2.45) is 0 Å². The van der Waals surface area contributed by atoms with Gasteiger partial charge in [-0.3, -0.25) is 0 Å². The number of halogens is 2. The first-order valence-electron chi connectivity index (χ1n) is 6.65. The maximum absolute atomic E-state index is 6.15. The molecule has 3 nitrogen and oxygen atoms in total. The molecule has 1 N–H and O–H groups in total. The first kappa shape index (κ1) is 13.7. The Labute approximate surface area is 132 Å². The summed E-state index contributed by atoms with van der Waals surface area (Å²) in [5, 5.41) is 3.83. The van der Waals surface area contributed by atoms with Gasteiger partial charge in [-0.05, 0) is 59.1 Å². The highest BCUT2D eigenvalue weighted by atomic mass is 79.9. The van der Waals surface area contributed by atoms with Gasteiger partial charge in [0.05, 0.1) is 5.02 Å². The Balaban J connectivity index is 1.74. The van der Waals surface area contributed by atoms with E-state index in [1.807, 2.05) is 6.07 Å². The van der Waals surface area contributed by atoms with Gasteiger partial charge in [-0.15, -0.1) is 0 Å². The lowest BCUT2D eigenvalue weighted by Gasteiger charge is -2.18. The lowest BCUT2D eigenvalue weighted by molar-refractivity contribution is 0.949. The van der Waals surface area contributed by atoms with Gasteiger partial charge in [0.2, 0.25) is 0 Å². The molecule has 3 rings (SSSR count). The maximum atomic E-state index is 6.15. The van der Waals surface area contributed by atoms with Crippen molar-refractivity contribution in [3.8, 4) is 0 Å². The number of nitrogens with zero attached hydrogens (tertiary/aromatic N) is 2. The summed E-state index contributed by atoms with van der Waals surface area (Å²) in [5.74, 6) is 0.670. The SMILES string of the molecule is Clc1cc(Br)cnc1Nc1ccc(N2CCCC2)cc1. The molecule has 1 fully saturated rings. The highest BCUT2D eigenvalue weighted by Gasteiger charge is 2.12. The monoisotopic (exact) mass is 351 g/mol. The lowest BCUT2D eigenvalue weighted by atomic mass is 10.2. The van der Waals surface area contributed by atoms with E-state index in [0.717, 1.165) is 23.2 Å². The molecule has 1 aromatic carbocycles. The predicted molar refractivity (Wildman–Crippen MR) is 88.1 cm³/mol. The maximum Gasteiger partial charge on any atom is 0.149 e. The van der Waals surface area contributed by atoms with Crippen LogP contribution in [-0.2, 0) is 0 Å². The van der Waals surface area contributed by atoms with Crippen LogP contribution in [0.2, 0.25) is 5.02 Å². The molecular weight excluding hydrogens is 338 g/mol. The first-order chi connectivity index (χ1) is 9.72. The molecule has 104 valence electrons. The van der Waals surface area contributed by atoms with Crippen LogP contribution in [0.15, 0.2) is 41.0 Å². The third-order valence-electron chi connectivity index (χ3n) is 3.41. The Bertz CT molecular complexity index is 595. The molecule has 1 aliphatic heterocycles. The molecule has 0 bridgehead atoms. The summed E-state index contributed by atoms with van der Waals surface area (Å²) >= 11 is 9.50. The van der Waals surface area contributed by atoms with Crippen LogP contribution in [0.1, 0.15) is 12.8 Å². The fraction of sp³-hybridized carbons (Fsp3) is 0.267. The van der Waals surface area contributed by atoms with Crippen LogP contribution in [-0.4, -0.2) is 18.1 Å². The topological polar surface area (TPSA) is 28.2 Å². The van der Waals surface area contributed by atoms with Gasteiger partial charge in [-0.2, -0.15) is 0 Å². The second-order valence-corrected chi connectivity index (χ2v) is 6.17. The van der Waals surface area contributed by atoms with Gasteiger partial charge in [-0.25, -0.2) is 4.98 Å². The van der Waals surface area contributed by atoms with Crippen molar-refractivity contribution in [3.05, 3.63) is 46.0 Å². The van der Waals surface area contributed by atoms with E-state index in [-0.39, 0.29) is 0 Å². The van der Waals surface area contributed by atoms with Crippen molar-refractivity contribution >= 4 is 44.7 Å². The summed E-state index contributed by atoms with van der Waals surface area (Å²) in [7, 11) is 0. The highest BCUT2D eigenvalue weighted by molar-refractivity contribution is 9.10. The van der Waals surface area contributed by atoms with Crippen molar-refractivity contribution < 1.29 is 0 Å². The summed E-state index contributed by atoms with van der Waals surface area (Å²) in [6, 6.07) is 10.2. The lowest BCUT2D eigenvalue weighted by Crippen LogP contribution is -2.17. The second-order valence-electron chi connectivity index (χ2n) is 4.85. The van der Waals surface area contributed by atoms with Crippen molar-refractivity contribution in [2.45, 2.75) is 12.8 Å². The van der Waals surface area contributed by atoms with E-state index in [1.165, 1.54) is 18.5 Å². The average Bonchev–Trinajstić information content (AvgIpc) is 2.97. The molecule has 1 saturated heterocycles. The van der Waals surface area contributed by atoms with Crippen LogP contribution < -0.4 is 10.2 Å². The Morgan fingerprint density at radius 1 is 1.15 bits per heavy atom. The molecule has 20 heavy (non-hydrogen) atoms. The predicted octanol–water partition coefficient (Wildman–Crippen LogP) is 4.84. The summed E-state index contributed by atoms with van der Waals surface area (Å²) in [4.78, 5) is 6.68. The van der Waals surface area contributed by atoms with Gasteiger partial charge in [0.1, 0.15) is 5.82 Å². The molecule has 1 aliphatic rings. The van der Waals surface area contributed by atoms with E-state index in [9.17, 15) is 0 Å². The zero-order valence-corrected chi connectivity index (χ0v) is 13.3. The van der Waals surface area contributed by atoms with Crippen molar-refractivity contribution in [1.29, 1.82) is 0 Å². The van der Waals surface area contributed by atoms with Gasteiger partial charge >= 0.3 is 0 Å². The third kappa shape index (κ3) is 3.07. The molecule has 0 saturated carbocycles. The quantitative estimate of drug-likeness (QED) is 0.856. The molecule has 1 aromatic heterocycles. The van der Waals surface area contributed by atoms with Crippen LogP contribution in [0.5, 0.6) is 0 Å². The molecular formula is C15H15BrClN3. The van der Waals surface area contributed by atoms with Crippen LogP contribution in [0.25, 0.3) is 0 Å². The van der Waals surface area contributed by atoms with Gasteiger partial charge in [0.15, 0.2) is 0 Å². The molecule has 2 heterocycles. The van der Waals surface area contributed by atoms with Gasteiger partial charge in [0, 0.05) is 35.1 Å². The number of hydrogen-bond acceptors (Lipinski definition) is 3. The minimum absolute atomic E-state index is 0.600. The van der Waals surface area contributed by atoms with Crippen LogP contribution in [0.3, 0.4) is 0 Å². The Morgan fingerprint density at radius 3 is 2.50 bits per heavy atom. The Hall–Kier alpha value is -1.26. The minimum atomic E-state index is 0.600. The largest absolute Gasteiger partial charge is 0.372 e. The van der Waals surface area contributed by atoms with Crippen molar-refractivity contribution in [2.75, 3.05) is 23.3 Å². The number of anilines is 3. The Kier molecular flexibility index (Phi) is 4.13. The van der Waals surface area contributed by atoms with Crippen LogP contribution in [0.4, 0.5) is 17.2 Å². The van der Waals surface area contributed by atoms with Gasteiger partial charge in [0.25, 0.3) is 0 Å². The number of nitrogens with one attached hydrogen (secondary N) is 1. The first-order valence-corrected chi connectivity index (χ1v) is 7.82. The standard InChI is InChI=1S/C15H15BrClN3/c16-11-9-14(17)15(18-10-11)19-12-3-5-13(6-4-12)20-7-1-2-8-20/h3-6,9-10H,1-2,7-8H2,(H,18,19). The molecule has 0 unspecified atom stereocenters. The normalized spacial score (nSPS) is 14.6. The zero-order valence-electron chi connectivity index (χ0n) is 10.9. The van der Waals surface area contributed by atoms with Crippen LogP contribution in [0, 0.1) is 0 Å². The number of aromatic nitrogens is 1. The average molecular weight is 353 g/mol. The van der Waals surface area contributed by atoms with E-state index in [0.29, 0.717) is 10.8 Å². The molecule has 0 radical (unpaired) electrons. The van der Waals surface area contributed by atoms with Gasteiger partial charge in [-0.1, -0.05) is 11.6 Å². The van der Waals surface area contributed by atoms with E-state index in [2.05, 4.69) is 55.4 Å². The van der Waals surface area contributed by atoms with E-state index < -0.39 is 0 Å². The zero-order chi connectivity index (χ0) is 13.9. The summed E-state index contributed by atoms with van der Waals surface area (Å²) in [6.07, 6.45) is 4.31. The molecule has 0 spiro atoms. The number of hydrogen-bond donors (Lipinski definition) is 1. The number of rotatable bonds is 3. The molecule has 0 atom stereocenters. The fourth-order valence-corrected chi connectivity index (χ4v) is 3.05. The van der Waals surface area contributed by atoms with E-state index in [4.69, 9.17) is 11.6 Å². The molecule has 2 aromatic rings. The van der Waals surface area contributed by atoms with Crippen molar-refractivity contribution in [1.82, 2.24) is 4.98 Å². The second kappa shape index (κ2) is 6.02. The van der Waals surface area contributed by atoms with Crippen LogP contribution >= 0.6 is 27.5 Å². The summed E-state index contributed by atoms with van der Waals surface area (Å²) in [5.41, 5.74) is 2.27. The molecule has 0 aliphatic carbocycles. The van der Waals surface area contributed by atoms with E-state index >= 15 is 0 Å². The third-order valence-corrected chi connectivity index (χ3v) is 4.13. The number of pyridine rings is 1. The summed E-state index contributed by atoms with van der Waals surface area (Å²) in [6.45, 7) is 2.32. The van der Waals surface area contributed by atoms with E-state index in [1.54, 1.807) is 6.20 Å². The summed E-state index contributed by atoms with van der Waals surface area (Å²) < 4.78 is 0.873. The Morgan fingerprint density at radius 2 is 1.85 bits per heavy atom.